The third-order valence-electron chi connectivity index (χ3n) is 5.26. The second-order valence-corrected chi connectivity index (χ2v) is 7.03. The highest BCUT2D eigenvalue weighted by Crippen LogP contribution is 2.41. The van der Waals surface area contributed by atoms with E-state index in [1.165, 1.54) is 11.1 Å². The minimum absolute atomic E-state index is 0.0597. The summed E-state index contributed by atoms with van der Waals surface area (Å²) in [5, 5.41) is 3.75. The molecular weight excluding hydrogens is 352 g/mol. The van der Waals surface area contributed by atoms with Crippen LogP contribution in [0.4, 0.5) is 0 Å². The van der Waals surface area contributed by atoms with Gasteiger partial charge in [0.05, 0.1) is 32.0 Å². The summed E-state index contributed by atoms with van der Waals surface area (Å²) >= 11 is 0. The van der Waals surface area contributed by atoms with Gasteiger partial charge in [0.15, 0.2) is 11.5 Å². The van der Waals surface area contributed by atoms with E-state index in [2.05, 4.69) is 39.3 Å². The maximum Gasteiger partial charge on any atom is 0.161 e. The average molecular weight is 376 g/mol. The molecule has 1 N–H and O–H groups in total. The molecule has 0 bridgehead atoms. The van der Waals surface area contributed by atoms with E-state index in [1.807, 2.05) is 37.6 Å². The van der Waals surface area contributed by atoms with Crippen LogP contribution in [-0.2, 0) is 6.42 Å². The van der Waals surface area contributed by atoms with Crippen LogP contribution in [0.15, 0.2) is 42.9 Å². The van der Waals surface area contributed by atoms with Gasteiger partial charge in [0, 0.05) is 24.2 Å². The van der Waals surface area contributed by atoms with Gasteiger partial charge in [-0.2, -0.15) is 0 Å². The van der Waals surface area contributed by atoms with E-state index >= 15 is 0 Å². The minimum Gasteiger partial charge on any atom is -0.493 e. The number of benzene rings is 1. The largest absolute Gasteiger partial charge is 0.493 e. The van der Waals surface area contributed by atoms with Crippen LogP contribution in [0, 0.1) is 13.8 Å². The smallest absolute Gasteiger partial charge is 0.161 e. The number of aromatic nitrogens is 3. The number of nitrogens with one attached hydrogen (secondary N) is 1. The van der Waals surface area contributed by atoms with Gasteiger partial charge in [-0.15, -0.1) is 0 Å². The fourth-order valence-electron chi connectivity index (χ4n) is 3.82. The Hall–Kier alpha value is -2.99. The number of pyridine rings is 1. The van der Waals surface area contributed by atoms with E-state index < -0.39 is 0 Å². The number of methoxy groups -OCH3 is 2. The van der Waals surface area contributed by atoms with Crippen molar-refractivity contribution in [2.45, 2.75) is 32.4 Å². The van der Waals surface area contributed by atoms with Crippen LogP contribution in [-0.4, -0.2) is 29.2 Å². The summed E-state index contributed by atoms with van der Waals surface area (Å²) in [7, 11) is 3.32. The quantitative estimate of drug-likeness (QED) is 0.752. The molecule has 28 heavy (non-hydrogen) atoms. The molecule has 0 unspecified atom stereocenters. The summed E-state index contributed by atoms with van der Waals surface area (Å²) in [6, 6.07) is 8.20. The van der Waals surface area contributed by atoms with E-state index in [9.17, 15) is 0 Å². The van der Waals surface area contributed by atoms with Gasteiger partial charge in [0.1, 0.15) is 5.82 Å². The van der Waals surface area contributed by atoms with Crippen LogP contribution in [0.5, 0.6) is 11.5 Å². The summed E-state index contributed by atoms with van der Waals surface area (Å²) in [5.41, 5.74) is 5.59. The summed E-state index contributed by atoms with van der Waals surface area (Å²) in [6.45, 7) is 3.98. The van der Waals surface area contributed by atoms with Crippen molar-refractivity contribution in [3.8, 4) is 11.5 Å². The second kappa shape index (κ2) is 7.56. The molecule has 2 aromatic heterocycles. The zero-order valence-electron chi connectivity index (χ0n) is 16.6. The van der Waals surface area contributed by atoms with E-state index in [-0.39, 0.29) is 12.1 Å². The Morgan fingerprint density at radius 2 is 1.71 bits per heavy atom. The van der Waals surface area contributed by atoms with Crippen LogP contribution in [0.3, 0.4) is 0 Å². The van der Waals surface area contributed by atoms with Crippen molar-refractivity contribution in [3.63, 3.8) is 0 Å². The highest BCUT2D eigenvalue weighted by molar-refractivity contribution is 5.52. The van der Waals surface area contributed by atoms with Crippen LogP contribution in [0.1, 0.15) is 45.9 Å². The fraction of sp³-hybridized carbons (Fsp3) is 0.318. The third kappa shape index (κ3) is 3.31. The van der Waals surface area contributed by atoms with Crippen LogP contribution < -0.4 is 14.8 Å². The van der Waals surface area contributed by atoms with Crippen molar-refractivity contribution in [2.24, 2.45) is 0 Å². The number of nitrogens with zero attached hydrogens (tertiary/aromatic N) is 3. The number of fused-ring (bicyclic) bond motifs is 1. The molecule has 1 aromatic carbocycles. The van der Waals surface area contributed by atoms with E-state index in [0.717, 1.165) is 34.8 Å². The monoisotopic (exact) mass is 376 g/mol. The Balaban J connectivity index is 1.84. The Labute approximate surface area is 165 Å². The molecule has 6 nitrogen and oxygen atoms in total. The summed E-state index contributed by atoms with van der Waals surface area (Å²) in [6.07, 6.45) is 6.43. The van der Waals surface area contributed by atoms with Crippen molar-refractivity contribution in [1.82, 2.24) is 20.3 Å². The van der Waals surface area contributed by atoms with Gasteiger partial charge >= 0.3 is 0 Å². The number of hydrogen-bond donors (Lipinski definition) is 1. The first kappa shape index (κ1) is 18.4. The lowest BCUT2D eigenvalue weighted by atomic mass is 9.85. The molecule has 1 aliphatic rings. The summed E-state index contributed by atoms with van der Waals surface area (Å²) in [5.74, 6) is 2.20. The topological polar surface area (TPSA) is 69.2 Å². The van der Waals surface area contributed by atoms with Gasteiger partial charge in [0.2, 0.25) is 0 Å². The van der Waals surface area contributed by atoms with Crippen molar-refractivity contribution in [2.75, 3.05) is 14.2 Å². The molecule has 3 heterocycles. The number of aryl methyl sites for hydroxylation is 2. The lowest BCUT2D eigenvalue weighted by Crippen LogP contribution is -2.35. The molecule has 4 rings (SSSR count). The van der Waals surface area contributed by atoms with Crippen LogP contribution >= 0.6 is 0 Å². The molecule has 1 aliphatic heterocycles. The molecule has 0 saturated carbocycles. The van der Waals surface area contributed by atoms with Crippen molar-refractivity contribution >= 4 is 0 Å². The molecule has 0 radical (unpaired) electrons. The molecule has 3 aromatic rings. The van der Waals surface area contributed by atoms with Gasteiger partial charge < -0.3 is 9.47 Å². The zero-order chi connectivity index (χ0) is 19.7. The standard InChI is InChI=1S/C22H24N4O2/c1-13-6-5-7-23-21(13)18-8-15-9-19(27-3)20(28-4)10-17(15)22(26-18)16-11-24-14(2)25-12-16/h5-7,9-12,18,22,26H,8H2,1-4H3/t18-,22-/m0/s1. The first-order valence-corrected chi connectivity index (χ1v) is 9.31. The normalized spacial score (nSPS) is 18.4. The number of rotatable bonds is 4. The first-order chi connectivity index (χ1) is 13.6. The number of hydrogen-bond acceptors (Lipinski definition) is 6. The predicted molar refractivity (Wildman–Crippen MR) is 107 cm³/mol. The van der Waals surface area contributed by atoms with Gasteiger partial charge in [-0.05, 0) is 55.2 Å². The SMILES string of the molecule is COc1cc2c(cc1OC)[C@H](c1cnc(C)nc1)N[C@H](c1ncccc1C)C2. The molecular formula is C22H24N4O2. The van der Waals surface area contributed by atoms with E-state index in [0.29, 0.717) is 5.75 Å². The van der Waals surface area contributed by atoms with E-state index in [4.69, 9.17) is 9.47 Å². The third-order valence-corrected chi connectivity index (χ3v) is 5.26. The molecule has 0 amide bonds. The van der Waals surface area contributed by atoms with Gasteiger partial charge in [-0.25, -0.2) is 9.97 Å². The Bertz CT molecular complexity index is 988. The molecule has 0 spiro atoms. The maximum absolute atomic E-state index is 5.54. The Morgan fingerprint density at radius 3 is 2.39 bits per heavy atom. The van der Waals surface area contributed by atoms with Crippen LogP contribution in [0.25, 0.3) is 0 Å². The van der Waals surface area contributed by atoms with Gasteiger partial charge in [-0.1, -0.05) is 6.07 Å². The van der Waals surface area contributed by atoms with Crippen molar-refractivity contribution < 1.29 is 9.47 Å². The van der Waals surface area contributed by atoms with Gasteiger partial charge in [0.25, 0.3) is 0 Å². The lowest BCUT2D eigenvalue weighted by Gasteiger charge is -2.34. The second-order valence-electron chi connectivity index (χ2n) is 7.03. The van der Waals surface area contributed by atoms with E-state index in [1.54, 1.807) is 14.2 Å². The lowest BCUT2D eigenvalue weighted by molar-refractivity contribution is 0.350. The molecule has 144 valence electrons. The summed E-state index contributed by atoms with van der Waals surface area (Å²) in [4.78, 5) is 13.4. The minimum atomic E-state index is -0.0597. The molecule has 0 saturated heterocycles. The zero-order valence-corrected chi connectivity index (χ0v) is 16.6. The first-order valence-electron chi connectivity index (χ1n) is 9.31. The fourth-order valence-corrected chi connectivity index (χ4v) is 3.82. The Kier molecular flexibility index (Phi) is 4.96. The highest BCUT2D eigenvalue weighted by Gasteiger charge is 2.31. The maximum atomic E-state index is 5.54. The summed E-state index contributed by atoms with van der Waals surface area (Å²) < 4.78 is 11.1. The molecule has 2 atom stereocenters. The average Bonchev–Trinajstić information content (AvgIpc) is 2.73. The highest BCUT2D eigenvalue weighted by atomic mass is 16.5. The van der Waals surface area contributed by atoms with Crippen molar-refractivity contribution in [1.29, 1.82) is 0 Å². The predicted octanol–water partition coefficient (Wildman–Crippen LogP) is 3.48. The molecule has 0 fully saturated rings. The Morgan fingerprint density at radius 1 is 1.00 bits per heavy atom. The molecule has 6 heteroatoms. The molecule has 0 aliphatic carbocycles. The van der Waals surface area contributed by atoms with Crippen LogP contribution in [0.2, 0.25) is 0 Å². The van der Waals surface area contributed by atoms with Gasteiger partial charge in [-0.3, -0.25) is 10.3 Å². The number of ether oxygens (including phenoxy) is 2. The van der Waals surface area contributed by atoms with Crippen molar-refractivity contribution in [3.05, 3.63) is 76.6 Å².